The van der Waals surface area contributed by atoms with Crippen LogP contribution >= 0.6 is 11.8 Å². The average molecular weight is 280 g/mol. The molecule has 0 saturated carbocycles. The highest BCUT2D eigenvalue weighted by atomic mass is 32.2. The summed E-state index contributed by atoms with van der Waals surface area (Å²) in [6.07, 6.45) is 5.43. The lowest BCUT2D eigenvalue weighted by molar-refractivity contribution is 0.292. The van der Waals surface area contributed by atoms with Crippen molar-refractivity contribution in [2.24, 2.45) is 7.05 Å². The first-order valence-corrected chi connectivity index (χ1v) is 7.31. The molecule has 102 valence electrons. The van der Waals surface area contributed by atoms with Crippen LogP contribution in [0.1, 0.15) is 23.4 Å². The molecule has 5 heteroatoms. The molecule has 0 aliphatic heterocycles. The summed E-state index contributed by atoms with van der Waals surface area (Å²) in [5.41, 5.74) is 1.57. The van der Waals surface area contributed by atoms with Crippen LogP contribution in [0.5, 0.6) is 5.75 Å². The number of imidazole rings is 1. The van der Waals surface area contributed by atoms with Crippen LogP contribution in [-0.2, 0) is 13.7 Å². The van der Waals surface area contributed by atoms with Gasteiger partial charge in [0, 0.05) is 17.9 Å². The Labute approximate surface area is 116 Å². The fourth-order valence-electron chi connectivity index (χ4n) is 1.83. The first-order valence-electron chi connectivity index (χ1n) is 6.02. The molecule has 2 rings (SSSR count). The van der Waals surface area contributed by atoms with E-state index in [1.807, 2.05) is 30.9 Å². The molecule has 1 aromatic heterocycles. The van der Waals surface area contributed by atoms with Crippen molar-refractivity contribution in [3.8, 4) is 5.75 Å². The Hall–Kier alpha value is -1.49. The topological polar surface area (TPSA) is 27.1 Å². The molecule has 0 radical (unpaired) electrons. The molecule has 1 aromatic carbocycles. The number of hydrogen-bond donors (Lipinski definition) is 0. The van der Waals surface area contributed by atoms with Crippen LogP contribution in [0.4, 0.5) is 4.39 Å². The van der Waals surface area contributed by atoms with Crippen molar-refractivity contribution in [2.75, 3.05) is 6.26 Å². The quantitative estimate of drug-likeness (QED) is 0.838. The molecule has 1 unspecified atom stereocenters. The number of rotatable bonds is 5. The minimum absolute atomic E-state index is 0.0581. The number of nitrogens with zero attached hydrogens (tertiary/aromatic N) is 2. The van der Waals surface area contributed by atoms with Crippen molar-refractivity contribution in [1.82, 2.24) is 9.55 Å². The second kappa shape index (κ2) is 6.10. The fourth-order valence-corrected chi connectivity index (χ4v) is 2.30. The second-order valence-corrected chi connectivity index (χ2v) is 5.49. The van der Waals surface area contributed by atoms with Crippen LogP contribution in [0.2, 0.25) is 0 Å². The van der Waals surface area contributed by atoms with Crippen molar-refractivity contribution in [3.63, 3.8) is 0 Å². The number of halogens is 1. The lowest BCUT2D eigenvalue weighted by atomic mass is 10.1. The molecule has 1 atom stereocenters. The molecule has 19 heavy (non-hydrogen) atoms. The van der Waals surface area contributed by atoms with Crippen molar-refractivity contribution in [2.45, 2.75) is 18.8 Å². The summed E-state index contributed by atoms with van der Waals surface area (Å²) in [4.78, 5) is 4.03. The van der Waals surface area contributed by atoms with Crippen LogP contribution in [0.25, 0.3) is 0 Å². The third-order valence-corrected chi connectivity index (χ3v) is 4.01. The van der Waals surface area contributed by atoms with Gasteiger partial charge in [-0.05, 0) is 25.3 Å². The molecule has 0 aliphatic rings. The largest absolute Gasteiger partial charge is 0.487 e. The van der Waals surface area contributed by atoms with Gasteiger partial charge in [0.25, 0.3) is 0 Å². The summed E-state index contributed by atoms with van der Waals surface area (Å²) in [5, 5.41) is 0.0581. The van der Waals surface area contributed by atoms with Crippen LogP contribution in [0, 0.1) is 5.82 Å². The van der Waals surface area contributed by atoms with Crippen LogP contribution < -0.4 is 4.74 Å². The lowest BCUT2D eigenvalue weighted by Crippen LogP contribution is -2.04. The standard InChI is InChI=1S/C14H17FN2OS/c1-10(19-3)14-12(15)5-4-6-13(14)18-8-11-7-16-9-17(11)2/h4-7,9-10H,8H2,1-3H3. The Morgan fingerprint density at radius 3 is 2.89 bits per heavy atom. The Morgan fingerprint density at radius 1 is 1.47 bits per heavy atom. The van der Waals surface area contributed by atoms with E-state index in [4.69, 9.17) is 4.74 Å². The van der Waals surface area contributed by atoms with Crippen LogP contribution in [-0.4, -0.2) is 15.8 Å². The number of aryl methyl sites for hydroxylation is 1. The molecule has 0 fully saturated rings. The molecule has 0 amide bonds. The van der Waals surface area contributed by atoms with Gasteiger partial charge in [-0.3, -0.25) is 0 Å². The van der Waals surface area contributed by atoms with E-state index in [-0.39, 0.29) is 11.1 Å². The molecule has 0 saturated heterocycles. The maximum absolute atomic E-state index is 13.9. The molecule has 0 N–H and O–H groups in total. The van der Waals surface area contributed by atoms with Gasteiger partial charge in [0.1, 0.15) is 18.2 Å². The molecule has 0 spiro atoms. The molecular formula is C14H17FN2OS. The molecule has 3 nitrogen and oxygen atoms in total. The third-order valence-electron chi connectivity index (χ3n) is 3.07. The zero-order valence-corrected chi connectivity index (χ0v) is 12.1. The van der Waals surface area contributed by atoms with Gasteiger partial charge in [0.2, 0.25) is 0 Å². The Balaban J connectivity index is 2.20. The van der Waals surface area contributed by atoms with E-state index >= 15 is 0 Å². The monoisotopic (exact) mass is 280 g/mol. The maximum Gasteiger partial charge on any atom is 0.131 e. The number of benzene rings is 1. The third kappa shape index (κ3) is 3.10. The Kier molecular flexibility index (Phi) is 4.47. The van der Waals surface area contributed by atoms with Gasteiger partial charge in [-0.2, -0.15) is 11.8 Å². The highest BCUT2D eigenvalue weighted by molar-refractivity contribution is 7.98. The van der Waals surface area contributed by atoms with Gasteiger partial charge in [0.05, 0.1) is 18.2 Å². The summed E-state index contributed by atoms with van der Waals surface area (Å²) in [5.74, 6) is 0.382. The van der Waals surface area contributed by atoms with Gasteiger partial charge >= 0.3 is 0 Å². The van der Waals surface area contributed by atoms with E-state index in [9.17, 15) is 4.39 Å². The predicted octanol–water partition coefficient (Wildman–Crippen LogP) is 3.56. The minimum atomic E-state index is -0.218. The number of aromatic nitrogens is 2. The fraction of sp³-hybridized carbons (Fsp3) is 0.357. The first kappa shape index (κ1) is 13.9. The highest BCUT2D eigenvalue weighted by Gasteiger charge is 2.16. The highest BCUT2D eigenvalue weighted by Crippen LogP contribution is 2.35. The second-order valence-electron chi connectivity index (χ2n) is 4.31. The van der Waals surface area contributed by atoms with Gasteiger partial charge in [-0.15, -0.1) is 0 Å². The summed E-state index contributed by atoms with van der Waals surface area (Å²) >= 11 is 1.60. The Bertz CT molecular complexity index is 556. The van der Waals surface area contributed by atoms with Gasteiger partial charge in [-0.1, -0.05) is 6.07 Å². The number of thioether (sulfide) groups is 1. The number of hydrogen-bond acceptors (Lipinski definition) is 3. The van der Waals surface area contributed by atoms with Gasteiger partial charge < -0.3 is 9.30 Å². The van der Waals surface area contributed by atoms with E-state index in [1.54, 1.807) is 30.4 Å². The zero-order valence-electron chi connectivity index (χ0n) is 11.3. The van der Waals surface area contributed by atoms with E-state index < -0.39 is 0 Å². The lowest BCUT2D eigenvalue weighted by Gasteiger charge is -2.16. The molecule has 0 aliphatic carbocycles. The summed E-state index contributed by atoms with van der Waals surface area (Å²) in [6, 6.07) is 4.95. The van der Waals surface area contributed by atoms with Crippen LogP contribution in [0.3, 0.4) is 0 Å². The normalized spacial score (nSPS) is 12.4. The van der Waals surface area contributed by atoms with Crippen molar-refractivity contribution >= 4 is 11.8 Å². The SMILES string of the molecule is CSC(C)c1c(F)cccc1OCc1cncn1C. The minimum Gasteiger partial charge on any atom is -0.487 e. The van der Waals surface area contributed by atoms with Gasteiger partial charge in [0.15, 0.2) is 0 Å². The summed E-state index contributed by atoms with van der Waals surface area (Å²) in [7, 11) is 1.91. The maximum atomic E-state index is 13.9. The molecule has 1 heterocycles. The summed E-state index contributed by atoms with van der Waals surface area (Å²) in [6.45, 7) is 2.36. The van der Waals surface area contributed by atoms with Crippen molar-refractivity contribution in [1.29, 1.82) is 0 Å². The zero-order chi connectivity index (χ0) is 13.8. The van der Waals surface area contributed by atoms with Crippen LogP contribution in [0.15, 0.2) is 30.7 Å². The molecular weight excluding hydrogens is 263 g/mol. The van der Waals surface area contributed by atoms with E-state index in [1.165, 1.54) is 6.07 Å². The van der Waals surface area contributed by atoms with E-state index in [0.717, 1.165) is 5.69 Å². The van der Waals surface area contributed by atoms with E-state index in [0.29, 0.717) is 17.9 Å². The molecule has 0 bridgehead atoms. The predicted molar refractivity (Wildman–Crippen MR) is 75.9 cm³/mol. The van der Waals surface area contributed by atoms with Gasteiger partial charge in [-0.25, -0.2) is 9.37 Å². The molecule has 2 aromatic rings. The average Bonchev–Trinajstić information content (AvgIpc) is 2.81. The van der Waals surface area contributed by atoms with Crippen molar-refractivity contribution in [3.05, 3.63) is 47.8 Å². The smallest absolute Gasteiger partial charge is 0.131 e. The van der Waals surface area contributed by atoms with Crippen molar-refractivity contribution < 1.29 is 9.13 Å². The first-order chi connectivity index (χ1) is 9.13. The Morgan fingerprint density at radius 2 is 2.26 bits per heavy atom. The summed E-state index contributed by atoms with van der Waals surface area (Å²) < 4.78 is 21.6. The number of ether oxygens (including phenoxy) is 1. The van der Waals surface area contributed by atoms with E-state index in [2.05, 4.69) is 4.98 Å².